The van der Waals surface area contributed by atoms with Crippen LogP contribution in [0.5, 0.6) is 11.5 Å². The summed E-state index contributed by atoms with van der Waals surface area (Å²) in [6, 6.07) is 20.9. The highest BCUT2D eigenvalue weighted by Gasteiger charge is 2.45. The van der Waals surface area contributed by atoms with Gasteiger partial charge in [-0.25, -0.2) is 12.4 Å². The summed E-state index contributed by atoms with van der Waals surface area (Å²) in [7, 11) is -3.74. The summed E-state index contributed by atoms with van der Waals surface area (Å²) in [4.78, 5) is 0.311. The van der Waals surface area contributed by atoms with Gasteiger partial charge in [0.05, 0.1) is 10.4 Å². The van der Waals surface area contributed by atoms with Crippen LogP contribution in [0.3, 0.4) is 0 Å². The lowest BCUT2D eigenvalue weighted by molar-refractivity contribution is 0.174. The molecule has 1 saturated carbocycles. The molecule has 2 heterocycles. The first-order valence-electron chi connectivity index (χ1n) is 10.8. The van der Waals surface area contributed by atoms with Crippen LogP contribution in [0, 0.1) is 13.8 Å². The summed E-state index contributed by atoms with van der Waals surface area (Å²) >= 11 is 0. The fourth-order valence-corrected chi connectivity index (χ4v) is 6.54. The molecular formula is C26H23NO4S. The number of hydrogen-bond acceptors (Lipinski definition) is 4. The molecule has 2 unspecified atom stereocenters. The summed E-state index contributed by atoms with van der Waals surface area (Å²) in [5, 5.41) is 0.981. The number of fused-ring (bicyclic) bond motifs is 2. The van der Waals surface area contributed by atoms with Crippen LogP contribution in [0.15, 0.2) is 71.6 Å². The Morgan fingerprint density at radius 1 is 0.875 bits per heavy atom. The zero-order valence-corrected chi connectivity index (χ0v) is 18.7. The molecule has 3 aromatic carbocycles. The van der Waals surface area contributed by atoms with E-state index in [2.05, 4.69) is 6.07 Å². The highest BCUT2D eigenvalue weighted by atomic mass is 32.2. The Labute approximate surface area is 187 Å². The number of rotatable bonds is 4. The lowest BCUT2D eigenvalue weighted by Crippen LogP contribution is -2.16. The maximum atomic E-state index is 13.8. The van der Waals surface area contributed by atoms with E-state index in [-0.39, 0.29) is 18.6 Å². The summed E-state index contributed by atoms with van der Waals surface area (Å²) in [6.07, 6.45) is 0.903. The van der Waals surface area contributed by atoms with E-state index in [0.717, 1.165) is 51.2 Å². The third-order valence-corrected chi connectivity index (χ3v) is 8.40. The highest BCUT2D eigenvalue weighted by Crippen LogP contribution is 2.58. The molecule has 2 aliphatic rings. The normalized spacial score (nSPS) is 19.4. The second-order valence-electron chi connectivity index (χ2n) is 8.67. The van der Waals surface area contributed by atoms with E-state index in [1.54, 1.807) is 16.1 Å². The van der Waals surface area contributed by atoms with Crippen LogP contribution in [-0.2, 0) is 10.0 Å². The molecule has 0 saturated heterocycles. The number of para-hydroxylation sites is 1. The van der Waals surface area contributed by atoms with Crippen molar-refractivity contribution in [3.8, 4) is 11.5 Å². The van der Waals surface area contributed by atoms with Crippen LogP contribution in [-0.4, -0.2) is 19.2 Å². The van der Waals surface area contributed by atoms with Gasteiger partial charge in [-0.05, 0) is 67.6 Å². The van der Waals surface area contributed by atoms with Gasteiger partial charge in [-0.1, -0.05) is 42.0 Å². The predicted molar refractivity (Wildman–Crippen MR) is 123 cm³/mol. The molecule has 0 N–H and O–H groups in total. The monoisotopic (exact) mass is 445 g/mol. The molecule has 1 fully saturated rings. The zero-order valence-electron chi connectivity index (χ0n) is 17.9. The molecule has 0 amide bonds. The van der Waals surface area contributed by atoms with Crippen molar-refractivity contribution >= 4 is 20.9 Å². The predicted octanol–water partition coefficient (Wildman–Crippen LogP) is 5.49. The van der Waals surface area contributed by atoms with Crippen LogP contribution in [0.1, 0.15) is 40.6 Å². The fourth-order valence-electron chi connectivity index (χ4n) is 4.90. The molecule has 0 spiro atoms. The van der Waals surface area contributed by atoms with Gasteiger partial charge in [-0.3, -0.25) is 0 Å². The minimum atomic E-state index is -3.74. The smallest absolute Gasteiger partial charge is 0.268 e. The standard InChI is InChI=1S/C26H23NO4S/c1-16-7-10-19(11-8-16)32(28,29)27-23-6-4-3-5-20(23)17(2)26(27)22-14-21(22)18-9-12-24-25(13-18)31-15-30-24/h3-13,21-22H,14-15H2,1-2H3. The van der Waals surface area contributed by atoms with Gasteiger partial charge in [0, 0.05) is 17.0 Å². The zero-order chi connectivity index (χ0) is 22.0. The topological polar surface area (TPSA) is 57.5 Å². The summed E-state index contributed by atoms with van der Waals surface area (Å²) in [5.74, 6) is 1.90. The van der Waals surface area contributed by atoms with Gasteiger partial charge in [0.1, 0.15) is 0 Å². The number of ether oxygens (including phenoxy) is 2. The van der Waals surface area contributed by atoms with Crippen molar-refractivity contribution in [2.45, 2.75) is 37.0 Å². The Morgan fingerprint density at radius 2 is 1.62 bits per heavy atom. The Bertz CT molecular complexity index is 1470. The Hall–Kier alpha value is -3.25. The quantitative estimate of drug-likeness (QED) is 0.417. The number of hydrogen-bond donors (Lipinski definition) is 0. The second kappa shape index (κ2) is 6.87. The number of aryl methyl sites for hydroxylation is 2. The molecule has 2 atom stereocenters. The van der Waals surface area contributed by atoms with Crippen molar-refractivity contribution in [3.63, 3.8) is 0 Å². The fraction of sp³-hybridized carbons (Fsp3) is 0.231. The average Bonchev–Trinajstić information content (AvgIpc) is 3.32. The number of aromatic nitrogens is 1. The van der Waals surface area contributed by atoms with Crippen LogP contribution in [0.2, 0.25) is 0 Å². The van der Waals surface area contributed by atoms with Crippen LogP contribution >= 0.6 is 0 Å². The van der Waals surface area contributed by atoms with Gasteiger partial charge < -0.3 is 9.47 Å². The molecule has 0 radical (unpaired) electrons. The van der Waals surface area contributed by atoms with Crippen LogP contribution < -0.4 is 9.47 Å². The molecule has 1 aliphatic heterocycles. The second-order valence-corrected chi connectivity index (χ2v) is 10.5. The first-order valence-corrected chi connectivity index (χ1v) is 12.2. The van der Waals surface area contributed by atoms with E-state index in [1.807, 2.05) is 62.4 Å². The average molecular weight is 446 g/mol. The molecular weight excluding hydrogens is 422 g/mol. The van der Waals surface area contributed by atoms with E-state index in [4.69, 9.17) is 9.47 Å². The van der Waals surface area contributed by atoms with Crippen molar-refractivity contribution in [1.29, 1.82) is 0 Å². The molecule has 162 valence electrons. The third-order valence-electron chi connectivity index (χ3n) is 6.66. The molecule has 5 nitrogen and oxygen atoms in total. The molecule has 1 aromatic heterocycles. The Kier molecular flexibility index (Phi) is 4.17. The lowest BCUT2D eigenvalue weighted by atomic mass is 10.0. The van der Waals surface area contributed by atoms with Gasteiger partial charge >= 0.3 is 0 Å². The van der Waals surface area contributed by atoms with Crippen molar-refractivity contribution < 1.29 is 17.9 Å². The number of nitrogens with zero attached hydrogens (tertiary/aromatic N) is 1. The van der Waals surface area contributed by atoms with Gasteiger partial charge in [0.15, 0.2) is 11.5 Å². The maximum absolute atomic E-state index is 13.8. The van der Waals surface area contributed by atoms with Gasteiger partial charge in [0.2, 0.25) is 6.79 Å². The lowest BCUT2D eigenvalue weighted by Gasteiger charge is -2.13. The summed E-state index contributed by atoms with van der Waals surface area (Å²) in [6.45, 7) is 4.24. The Morgan fingerprint density at radius 3 is 2.44 bits per heavy atom. The molecule has 6 rings (SSSR count). The van der Waals surface area contributed by atoms with E-state index >= 15 is 0 Å². The third kappa shape index (κ3) is 2.86. The van der Waals surface area contributed by atoms with Crippen LogP contribution in [0.4, 0.5) is 0 Å². The van der Waals surface area contributed by atoms with Gasteiger partial charge in [-0.2, -0.15) is 0 Å². The van der Waals surface area contributed by atoms with Gasteiger partial charge in [-0.15, -0.1) is 0 Å². The Balaban J connectivity index is 1.49. The van der Waals surface area contributed by atoms with Crippen molar-refractivity contribution in [2.24, 2.45) is 0 Å². The van der Waals surface area contributed by atoms with Crippen molar-refractivity contribution in [3.05, 3.63) is 89.1 Å². The molecule has 1 aliphatic carbocycles. The highest BCUT2D eigenvalue weighted by molar-refractivity contribution is 7.90. The number of benzene rings is 3. The largest absolute Gasteiger partial charge is 0.454 e. The van der Waals surface area contributed by atoms with Crippen molar-refractivity contribution in [2.75, 3.05) is 6.79 Å². The van der Waals surface area contributed by atoms with Crippen molar-refractivity contribution in [1.82, 2.24) is 3.97 Å². The first kappa shape index (κ1) is 19.4. The van der Waals surface area contributed by atoms with Crippen LogP contribution in [0.25, 0.3) is 10.9 Å². The summed E-state index contributed by atoms with van der Waals surface area (Å²) < 4.78 is 40.3. The minimum Gasteiger partial charge on any atom is -0.454 e. The van der Waals surface area contributed by atoms with E-state index in [9.17, 15) is 8.42 Å². The summed E-state index contributed by atoms with van der Waals surface area (Å²) in [5.41, 5.74) is 4.84. The first-order chi connectivity index (χ1) is 15.4. The van der Waals surface area contributed by atoms with E-state index in [1.165, 1.54) is 0 Å². The SMILES string of the molecule is Cc1ccc(S(=O)(=O)n2c(C3CC3c3ccc4c(c3)OCO4)c(C)c3ccccc32)cc1. The maximum Gasteiger partial charge on any atom is 0.268 e. The molecule has 32 heavy (non-hydrogen) atoms. The molecule has 6 heteroatoms. The molecule has 4 aromatic rings. The van der Waals surface area contributed by atoms with E-state index < -0.39 is 10.0 Å². The molecule has 0 bridgehead atoms. The minimum absolute atomic E-state index is 0.128. The van der Waals surface area contributed by atoms with Gasteiger partial charge in [0.25, 0.3) is 10.0 Å². The van der Waals surface area contributed by atoms with E-state index in [0.29, 0.717) is 4.90 Å².